The Bertz CT molecular complexity index is 1380. The van der Waals surface area contributed by atoms with Crippen LogP contribution in [0.25, 0.3) is 0 Å². The first-order chi connectivity index (χ1) is 19.0. The molecule has 1 fully saturated rings. The number of anilines is 1. The smallest absolute Gasteiger partial charge is 0.436 e. The van der Waals surface area contributed by atoms with Crippen LogP contribution in [-0.4, -0.2) is 71.3 Å². The lowest BCUT2D eigenvalue weighted by molar-refractivity contribution is -0.142. The minimum absolute atomic E-state index is 0.0629. The van der Waals surface area contributed by atoms with Crippen molar-refractivity contribution in [2.45, 2.75) is 26.1 Å². The van der Waals surface area contributed by atoms with Crippen molar-refractivity contribution in [1.29, 1.82) is 0 Å². The van der Waals surface area contributed by atoms with Crippen molar-refractivity contribution in [1.82, 2.24) is 25.0 Å². The minimum Gasteiger partial charge on any atom is -0.495 e. The third-order valence-corrected chi connectivity index (χ3v) is 7.32. The van der Waals surface area contributed by atoms with Gasteiger partial charge in [0.2, 0.25) is 5.91 Å². The molecule has 40 heavy (non-hydrogen) atoms. The molecule has 0 atom stereocenters. The first kappa shape index (κ1) is 29.5. The number of methoxy groups -OCH3 is 1. The summed E-state index contributed by atoms with van der Waals surface area (Å²) in [6.45, 7) is 2.69. The van der Waals surface area contributed by atoms with E-state index < -0.39 is 22.8 Å². The second kappa shape index (κ2) is 12.3. The van der Waals surface area contributed by atoms with Crippen molar-refractivity contribution in [3.05, 3.63) is 69.2 Å². The highest BCUT2D eigenvalue weighted by atomic mass is 35.5. The van der Waals surface area contributed by atoms with Crippen molar-refractivity contribution in [2.75, 3.05) is 44.7 Å². The fourth-order valence-electron chi connectivity index (χ4n) is 4.37. The van der Waals surface area contributed by atoms with Crippen molar-refractivity contribution < 1.29 is 27.5 Å². The SMILES string of the molecule is COc1cc(N2CCN(C(=O)Cn3nc(C(F)(F)F)c(Cl)c3C)CC2)c(C(=O)NCCc2ccccn2)cc1Cl. The summed E-state index contributed by atoms with van der Waals surface area (Å²) >= 11 is 12.1. The monoisotopic (exact) mass is 598 g/mol. The number of hydrogen-bond acceptors (Lipinski definition) is 6. The summed E-state index contributed by atoms with van der Waals surface area (Å²) in [6, 6.07) is 8.80. The van der Waals surface area contributed by atoms with E-state index in [9.17, 15) is 22.8 Å². The largest absolute Gasteiger partial charge is 0.495 e. The van der Waals surface area contributed by atoms with E-state index in [1.54, 1.807) is 23.2 Å². The Morgan fingerprint density at radius 3 is 2.45 bits per heavy atom. The van der Waals surface area contributed by atoms with Crippen LogP contribution >= 0.6 is 23.2 Å². The number of rotatable bonds is 8. The van der Waals surface area contributed by atoms with Crippen LogP contribution < -0.4 is 15.0 Å². The van der Waals surface area contributed by atoms with Gasteiger partial charge in [-0.05, 0) is 25.1 Å². The Morgan fingerprint density at radius 2 is 1.85 bits per heavy atom. The minimum atomic E-state index is -4.72. The molecule has 1 N–H and O–H groups in total. The van der Waals surface area contributed by atoms with E-state index >= 15 is 0 Å². The van der Waals surface area contributed by atoms with Gasteiger partial charge in [-0.15, -0.1) is 0 Å². The van der Waals surface area contributed by atoms with Gasteiger partial charge >= 0.3 is 6.18 Å². The summed E-state index contributed by atoms with van der Waals surface area (Å²) in [5.41, 5.74) is 0.639. The molecule has 3 heterocycles. The molecule has 1 aliphatic rings. The highest BCUT2D eigenvalue weighted by molar-refractivity contribution is 6.32. The number of halogens is 5. The Hall–Kier alpha value is -3.51. The fraction of sp³-hybridized carbons (Fsp3) is 0.385. The quantitative estimate of drug-likeness (QED) is 0.417. The number of nitrogens with zero attached hydrogens (tertiary/aromatic N) is 5. The second-order valence-corrected chi connectivity index (χ2v) is 9.89. The van der Waals surface area contributed by atoms with Crippen LogP contribution in [0.3, 0.4) is 0 Å². The summed E-state index contributed by atoms with van der Waals surface area (Å²) in [5.74, 6) is -0.316. The average Bonchev–Trinajstić information content (AvgIpc) is 3.22. The first-order valence-electron chi connectivity index (χ1n) is 12.4. The molecule has 14 heteroatoms. The lowest BCUT2D eigenvalue weighted by Crippen LogP contribution is -2.50. The molecule has 0 spiro atoms. The highest BCUT2D eigenvalue weighted by Crippen LogP contribution is 2.36. The van der Waals surface area contributed by atoms with E-state index in [2.05, 4.69) is 15.4 Å². The van der Waals surface area contributed by atoms with Gasteiger partial charge in [0.25, 0.3) is 5.91 Å². The molecule has 0 bridgehead atoms. The van der Waals surface area contributed by atoms with Crippen LogP contribution in [0.4, 0.5) is 18.9 Å². The standard InChI is InChI=1S/C26H27Cl2F3N6O3/c1-16-23(28)24(26(29,30)31)34-37(16)15-22(38)36-11-9-35(10-12-36)20-14-21(40-2)19(27)13-18(20)25(39)33-8-6-17-5-3-4-7-32-17/h3-5,7,13-14H,6,8-12,15H2,1-2H3,(H,33,39). The second-order valence-electron chi connectivity index (χ2n) is 9.10. The molecule has 0 unspecified atom stereocenters. The normalized spacial score (nSPS) is 13.9. The third-order valence-electron chi connectivity index (χ3n) is 6.57. The number of pyridine rings is 1. The maximum atomic E-state index is 13.1. The molecule has 1 aromatic carbocycles. The van der Waals surface area contributed by atoms with Gasteiger partial charge in [0.1, 0.15) is 12.3 Å². The molecule has 2 aromatic heterocycles. The van der Waals surface area contributed by atoms with Gasteiger partial charge in [0.05, 0.1) is 34.1 Å². The lowest BCUT2D eigenvalue weighted by Gasteiger charge is -2.37. The van der Waals surface area contributed by atoms with Crippen LogP contribution in [0.1, 0.15) is 27.4 Å². The number of aromatic nitrogens is 3. The number of amides is 2. The van der Waals surface area contributed by atoms with E-state index in [4.69, 9.17) is 27.9 Å². The third kappa shape index (κ3) is 6.61. The molecule has 0 radical (unpaired) electrons. The maximum Gasteiger partial charge on any atom is 0.436 e. The van der Waals surface area contributed by atoms with Gasteiger partial charge in [-0.3, -0.25) is 19.3 Å². The van der Waals surface area contributed by atoms with Crippen molar-refractivity contribution in [2.24, 2.45) is 0 Å². The van der Waals surface area contributed by atoms with Crippen molar-refractivity contribution >= 4 is 40.7 Å². The van der Waals surface area contributed by atoms with Crippen LogP contribution in [-0.2, 0) is 23.9 Å². The van der Waals surface area contributed by atoms with E-state index in [0.29, 0.717) is 43.1 Å². The fourth-order valence-corrected chi connectivity index (χ4v) is 4.86. The van der Waals surface area contributed by atoms with E-state index in [0.717, 1.165) is 10.4 Å². The predicted molar refractivity (Wildman–Crippen MR) is 144 cm³/mol. The average molecular weight is 599 g/mol. The summed E-state index contributed by atoms with van der Waals surface area (Å²) < 4.78 is 45.8. The first-order valence-corrected chi connectivity index (χ1v) is 13.1. The summed E-state index contributed by atoms with van der Waals surface area (Å²) in [5, 5.41) is 6.16. The van der Waals surface area contributed by atoms with Crippen LogP contribution in [0.5, 0.6) is 5.75 Å². The maximum absolute atomic E-state index is 13.1. The number of alkyl halides is 3. The Morgan fingerprint density at radius 1 is 1.12 bits per heavy atom. The zero-order valence-corrected chi connectivity index (χ0v) is 23.3. The molecule has 9 nitrogen and oxygen atoms in total. The summed E-state index contributed by atoms with van der Waals surface area (Å²) in [6.07, 6.45) is -2.48. The molecule has 3 aromatic rings. The van der Waals surface area contributed by atoms with Gasteiger partial charge < -0.3 is 19.9 Å². The molecule has 1 saturated heterocycles. The Kier molecular flexibility index (Phi) is 9.09. The number of hydrogen-bond donors (Lipinski definition) is 1. The van der Waals surface area contributed by atoms with Gasteiger partial charge in [-0.2, -0.15) is 18.3 Å². The van der Waals surface area contributed by atoms with E-state index in [1.165, 1.54) is 14.0 Å². The number of ether oxygens (including phenoxy) is 1. The molecule has 4 rings (SSSR count). The number of nitrogens with one attached hydrogen (secondary N) is 1. The van der Waals surface area contributed by atoms with Gasteiger partial charge in [-0.25, -0.2) is 0 Å². The number of carbonyl (C=O) groups is 2. The van der Waals surface area contributed by atoms with Crippen LogP contribution in [0, 0.1) is 6.92 Å². The highest BCUT2D eigenvalue weighted by Gasteiger charge is 2.38. The zero-order valence-electron chi connectivity index (χ0n) is 21.8. The molecule has 0 saturated carbocycles. The predicted octanol–water partition coefficient (Wildman–Crippen LogP) is 4.24. The van der Waals surface area contributed by atoms with Gasteiger partial charge in [0, 0.05) is 57.1 Å². The molecular formula is C26H27Cl2F3N6O3. The molecule has 214 valence electrons. The molecular weight excluding hydrogens is 572 g/mol. The Balaban J connectivity index is 1.43. The van der Waals surface area contributed by atoms with E-state index in [1.807, 2.05) is 23.1 Å². The lowest BCUT2D eigenvalue weighted by atomic mass is 10.1. The Labute approximate surface area is 238 Å². The number of piperazine rings is 1. The zero-order chi connectivity index (χ0) is 29.0. The van der Waals surface area contributed by atoms with Crippen LogP contribution in [0.2, 0.25) is 10.0 Å². The van der Waals surface area contributed by atoms with Crippen LogP contribution in [0.15, 0.2) is 36.5 Å². The molecule has 1 aliphatic heterocycles. The topological polar surface area (TPSA) is 92.6 Å². The van der Waals surface area contributed by atoms with Crippen molar-refractivity contribution in [3.8, 4) is 5.75 Å². The number of carbonyl (C=O) groups excluding carboxylic acids is 2. The summed E-state index contributed by atoms with van der Waals surface area (Å²) in [4.78, 5) is 33.8. The molecule has 0 aliphatic carbocycles. The summed E-state index contributed by atoms with van der Waals surface area (Å²) in [7, 11) is 1.47. The van der Waals surface area contributed by atoms with Crippen molar-refractivity contribution in [3.63, 3.8) is 0 Å². The van der Waals surface area contributed by atoms with Gasteiger partial charge in [0.15, 0.2) is 5.69 Å². The number of benzene rings is 1. The van der Waals surface area contributed by atoms with E-state index in [-0.39, 0.29) is 36.3 Å². The molecule has 2 amide bonds. The van der Waals surface area contributed by atoms with Gasteiger partial charge in [-0.1, -0.05) is 29.3 Å².